The van der Waals surface area contributed by atoms with Gasteiger partial charge in [-0.25, -0.2) is 0 Å². The summed E-state index contributed by atoms with van der Waals surface area (Å²) in [6, 6.07) is 0. The highest BCUT2D eigenvalue weighted by Crippen LogP contribution is 2.24. The molecular weight excluding hydrogens is 180 g/mol. The Kier molecular flexibility index (Phi) is 3.71. The maximum absolute atomic E-state index is 10.8. The van der Waals surface area contributed by atoms with Gasteiger partial charge in [0, 0.05) is 12.3 Å². The lowest BCUT2D eigenvalue weighted by Gasteiger charge is -2.26. The molecule has 0 aliphatic rings. The molecule has 0 bridgehead atoms. The maximum Gasteiger partial charge on any atom is 0.303 e. The van der Waals surface area contributed by atoms with Gasteiger partial charge in [-0.3, -0.25) is 9.59 Å². The van der Waals surface area contributed by atoms with Crippen LogP contribution < -0.4 is 0 Å². The predicted molar refractivity (Wildman–Crippen MR) is 45.9 cm³/mol. The Balaban J connectivity index is 4.46. The quantitative estimate of drug-likeness (QED) is 0.494. The smallest absolute Gasteiger partial charge is 0.303 e. The van der Waals surface area contributed by atoms with Crippen LogP contribution in [-0.4, -0.2) is 17.3 Å². The SMILES string of the molecule is CC(=O)O[C@H](C(=O)Cl)C(C)(C)C. The molecule has 0 amide bonds. The highest BCUT2D eigenvalue weighted by atomic mass is 35.5. The molecule has 0 aliphatic heterocycles. The number of hydrogen-bond donors (Lipinski definition) is 0. The third kappa shape index (κ3) is 3.72. The molecule has 0 fully saturated rings. The topological polar surface area (TPSA) is 43.4 Å². The van der Waals surface area contributed by atoms with E-state index in [0.717, 1.165) is 0 Å². The molecule has 70 valence electrons. The summed E-state index contributed by atoms with van der Waals surface area (Å²) in [5.41, 5.74) is -0.454. The Morgan fingerprint density at radius 2 is 1.75 bits per heavy atom. The maximum atomic E-state index is 10.8. The van der Waals surface area contributed by atoms with Gasteiger partial charge in [0.1, 0.15) is 0 Å². The number of esters is 1. The summed E-state index contributed by atoms with van der Waals surface area (Å²) in [6.07, 6.45) is -0.864. The molecular formula is C8H13ClO3. The van der Waals surface area contributed by atoms with Crippen molar-refractivity contribution in [3.63, 3.8) is 0 Å². The van der Waals surface area contributed by atoms with Crippen LogP contribution in [0.25, 0.3) is 0 Å². The van der Waals surface area contributed by atoms with E-state index in [2.05, 4.69) is 0 Å². The third-order valence-corrected chi connectivity index (χ3v) is 1.47. The van der Waals surface area contributed by atoms with Crippen molar-refractivity contribution in [2.45, 2.75) is 33.8 Å². The van der Waals surface area contributed by atoms with Crippen molar-refractivity contribution in [3.05, 3.63) is 0 Å². The molecule has 0 aromatic carbocycles. The number of hydrogen-bond acceptors (Lipinski definition) is 3. The Hall–Kier alpha value is -0.570. The molecule has 0 rings (SSSR count). The highest BCUT2D eigenvalue weighted by molar-refractivity contribution is 6.64. The van der Waals surface area contributed by atoms with Gasteiger partial charge in [0.25, 0.3) is 5.24 Å². The standard InChI is InChI=1S/C8H13ClO3/c1-5(10)12-6(7(9)11)8(2,3)4/h6H,1-4H3/t6-/m1/s1. The number of carbonyl (C=O) groups excluding carboxylic acids is 2. The van der Waals surface area contributed by atoms with Gasteiger partial charge < -0.3 is 4.74 Å². The Morgan fingerprint density at radius 1 is 1.33 bits per heavy atom. The van der Waals surface area contributed by atoms with Gasteiger partial charge in [0.2, 0.25) is 0 Å². The largest absolute Gasteiger partial charge is 0.453 e. The fraction of sp³-hybridized carbons (Fsp3) is 0.750. The van der Waals surface area contributed by atoms with Crippen molar-refractivity contribution < 1.29 is 14.3 Å². The predicted octanol–water partition coefficient (Wildman–Crippen LogP) is 1.73. The second-order valence-corrected chi connectivity index (χ2v) is 4.03. The van der Waals surface area contributed by atoms with E-state index >= 15 is 0 Å². The molecule has 0 radical (unpaired) electrons. The van der Waals surface area contributed by atoms with Gasteiger partial charge in [-0.15, -0.1) is 0 Å². The number of halogens is 1. The molecule has 0 aliphatic carbocycles. The summed E-state index contributed by atoms with van der Waals surface area (Å²) in [5.74, 6) is -0.496. The fourth-order valence-corrected chi connectivity index (χ4v) is 1.10. The number of ether oxygens (including phenoxy) is 1. The lowest BCUT2D eigenvalue weighted by atomic mass is 9.90. The average Bonchev–Trinajstić information content (AvgIpc) is 1.79. The van der Waals surface area contributed by atoms with E-state index in [1.54, 1.807) is 20.8 Å². The van der Waals surface area contributed by atoms with Crippen molar-refractivity contribution in [2.24, 2.45) is 5.41 Å². The van der Waals surface area contributed by atoms with E-state index in [0.29, 0.717) is 0 Å². The molecule has 0 unspecified atom stereocenters. The summed E-state index contributed by atoms with van der Waals surface area (Å²) in [4.78, 5) is 21.4. The lowest BCUT2D eigenvalue weighted by molar-refractivity contribution is -0.156. The summed E-state index contributed by atoms with van der Waals surface area (Å²) in [7, 11) is 0. The Labute approximate surface area is 77.0 Å². The zero-order valence-corrected chi connectivity index (χ0v) is 8.44. The minimum atomic E-state index is -0.864. The molecule has 0 aromatic heterocycles. The first kappa shape index (κ1) is 11.4. The highest BCUT2D eigenvalue weighted by Gasteiger charge is 2.32. The van der Waals surface area contributed by atoms with Gasteiger partial charge in [-0.05, 0) is 11.6 Å². The molecule has 3 nitrogen and oxygen atoms in total. The molecule has 12 heavy (non-hydrogen) atoms. The van der Waals surface area contributed by atoms with E-state index in [4.69, 9.17) is 16.3 Å². The first-order chi connectivity index (χ1) is 5.25. The van der Waals surface area contributed by atoms with Crippen molar-refractivity contribution in [2.75, 3.05) is 0 Å². The number of carbonyl (C=O) groups is 2. The zero-order chi connectivity index (χ0) is 9.94. The van der Waals surface area contributed by atoms with Crippen LogP contribution in [0.15, 0.2) is 0 Å². The summed E-state index contributed by atoms with van der Waals surface area (Å²) in [6.45, 7) is 6.58. The van der Waals surface area contributed by atoms with Gasteiger partial charge >= 0.3 is 5.97 Å². The second-order valence-electron chi connectivity index (χ2n) is 3.66. The molecule has 0 saturated heterocycles. The molecule has 1 atom stereocenters. The molecule has 4 heteroatoms. The molecule has 0 saturated carbocycles. The van der Waals surface area contributed by atoms with Crippen LogP contribution >= 0.6 is 11.6 Å². The lowest BCUT2D eigenvalue weighted by Crippen LogP contribution is -2.35. The molecule has 0 spiro atoms. The van der Waals surface area contributed by atoms with Crippen molar-refractivity contribution in [1.29, 1.82) is 0 Å². The van der Waals surface area contributed by atoms with E-state index < -0.39 is 22.7 Å². The van der Waals surface area contributed by atoms with E-state index in [9.17, 15) is 9.59 Å². The number of rotatable bonds is 2. The van der Waals surface area contributed by atoms with Crippen LogP contribution in [0.2, 0.25) is 0 Å². The summed E-state index contributed by atoms with van der Waals surface area (Å²) in [5, 5.41) is -0.641. The van der Waals surface area contributed by atoms with E-state index in [1.807, 2.05) is 0 Å². The van der Waals surface area contributed by atoms with Gasteiger partial charge in [-0.2, -0.15) is 0 Å². The first-order valence-corrected chi connectivity index (χ1v) is 3.99. The van der Waals surface area contributed by atoms with Crippen LogP contribution in [-0.2, 0) is 14.3 Å². The first-order valence-electron chi connectivity index (χ1n) is 3.61. The fourth-order valence-electron chi connectivity index (χ4n) is 0.730. The van der Waals surface area contributed by atoms with Crippen LogP contribution in [0.5, 0.6) is 0 Å². The summed E-state index contributed by atoms with van der Waals surface area (Å²) < 4.78 is 4.76. The van der Waals surface area contributed by atoms with Crippen LogP contribution in [0.3, 0.4) is 0 Å². The minimum Gasteiger partial charge on any atom is -0.453 e. The zero-order valence-electron chi connectivity index (χ0n) is 7.68. The van der Waals surface area contributed by atoms with Crippen LogP contribution in [0.4, 0.5) is 0 Å². The monoisotopic (exact) mass is 192 g/mol. The van der Waals surface area contributed by atoms with Gasteiger partial charge in [0.15, 0.2) is 6.10 Å². The molecule has 0 heterocycles. The Bertz CT molecular complexity index is 193. The second kappa shape index (κ2) is 3.90. The van der Waals surface area contributed by atoms with Crippen molar-refractivity contribution >= 4 is 22.8 Å². The average molecular weight is 193 g/mol. The van der Waals surface area contributed by atoms with Crippen molar-refractivity contribution in [3.8, 4) is 0 Å². The van der Waals surface area contributed by atoms with Crippen molar-refractivity contribution in [1.82, 2.24) is 0 Å². The normalized spacial score (nSPS) is 13.8. The third-order valence-electron chi connectivity index (χ3n) is 1.28. The minimum absolute atomic E-state index is 0.454. The van der Waals surface area contributed by atoms with E-state index in [-0.39, 0.29) is 0 Å². The van der Waals surface area contributed by atoms with Crippen LogP contribution in [0.1, 0.15) is 27.7 Å². The van der Waals surface area contributed by atoms with E-state index in [1.165, 1.54) is 6.92 Å². The van der Waals surface area contributed by atoms with Gasteiger partial charge in [0.05, 0.1) is 0 Å². The molecule has 0 aromatic rings. The molecule has 0 N–H and O–H groups in total. The van der Waals surface area contributed by atoms with Crippen LogP contribution in [0, 0.1) is 5.41 Å². The van der Waals surface area contributed by atoms with Gasteiger partial charge in [-0.1, -0.05) is 20.8 Å². The Morgan fingerprint density at radius 3 is 1.83 bits per heavy atom. The summed E-state index contributed by atoms with van der Waals surface area (Å²) >= 11 is 5.26.